The second kappa shape index (κ2) is 5.67. The van der Waals surface area contributed by atoms with Gasteiger partial charge in [-0.3, -0.25) is 4.79 Å². The van der Waals surface area contributed by atoms with Crippen LogP contribution in [0.4, 0.5) is 0 Å². The van der Waals surface area contributed by atoms with E-state index < -0.39 is 0 Å². The van der Waals surface area contributed by atoms with Crippen LogP contribution in [0.2, 0.25) is 0 Å². The molecule has 1 aliphatic heterocycles. The maximum Gasteiger partial charge on any atom is 0.289 e. The summed E-state index contributed by atoms with van der Waals surface area (Å²) in [5.74, 6) is 0. The molecule has 3 rings (SSSR count). The van der Waals surface area contributed by atoms with E-state index in [0.29, 0.717) is 18.3 Å². The first-order valence-electron chi connectivity index (χ1n) is 7.42. The minimum absolute atomic E-state index is 0.216. The lowest BCUT2D eigenvalue weighted by Gasteiger charge is -2.30. The first kappa shape index (κ1) is 14.9. The van der Waals surface area contributed by atoms with Crippen LogP contribution in [0.5, 0.6) is 0 Å². The molecule has 1 unspecified atom stereocenters. The van der Waals surface area contributed by atoms with Gasteiger partial charge in [0.2, 0.25) is 0 Å². The Hall–Kier alpha value is -1.97. The summed E-state index contributed by atoms with van der Waals surface area (Å²) in [5.41, 5.74) is 2.75. The van der Waals surface area contributed by atoms with Gasteiger partial charge in [-0.1, -0.05) is 0 Å². The third-order valence-corrected chi connectivity index (χ3v) is 5.63. The van der Waals surface area contributed by atoms with Crippen molar-refractivity contribution in [3.8, 4) is 6.07 Å². The molecule has 114 valence electrons. The molecule has 1 aliphatic rings. The number of thiophene rings is 1. The number of nitrogens with one attached hydrogen (secondary N) is 1. The molecule has 1 N–H and O–H groups in total. The Morgan fingerprint density at radius 3 is 3.05 bits per heavy atom. The molecule has 0 fully saturated rings. The highest BCUT2D eigenvalue weighted by atomic mass is 32.1. The molecular formula is C16H19N4OS+. The lowest BCUT2D eigenvalue weighted by atomic mass is 10.0. The normalized spacial score (nSPS) is 20.5. The van der Waals surface area contributed by atoms with Crippen molar-refractivity contribution in [2.45, 2.75) is 39.9 Å². The second-order valence-corrected chi connectivity index (χ2v) is 6.84. The van der Waals surface area contributed by atoms with E-state index in [0.717, 1.165) is 18.7 Å². The summed E-state index contributed by atoms with van der Waals surface area (Å²) in [7, 11) is 0. The summed E-state index contributed by atoms with van der Waals surface area (Å²) in [6, 6.07) is 4.55. The van der Waals surface area contributed by atoms with Gasteiger partial charge in [0, 0.05) is 16.9 Å². The maximum atomic E-state index is 12.4. The molecule has 6 heteroatoms. The fourth-order valence-corrected chi connectivity index (χ4v) is 4.05. The lowest BCUT2D eigenvalue weighted by molar-refractivity contribution is -0.954. The molecule has 2 atom stereocenters. The van der Waals surface area contributed by atoms with E-state index in [1.807, 2.05) is 24.3 Å². The zero-order chi connectivity index (χ0) is 15.9. The molecule has 0 radical (unpaired) electrons. The Balaban J connectivity index is 1.94. The molecule has 5 nitrogen and oxygen atoms in total. The number of quaternary nitrogens is 1. The van der Waals surface area contributed by atoms with E-state index in [-0.39, 0.29) is 11.1 Å². The van der Waals surface area contributed by atoms with Crippen LogP contribution in [0, 0.1) is 25.2 Å². The number of rotatable bonds is 2. The Morgan fingerprint density at radius 2 is 2.32 bits per heavy atom. The van der Waals surface area contributed by atoms with Gasteiger partial charge in [0.25, 0.3) is 5.56 Å². The van der Waals surface area contributed by atoms with Crippen molar-refractivity contribution < 1.29 is 4.90 Å². The summed E-state index contributed by atoms with van der Waals surface area (Å²) >= 11 is 1.81. The molecular weight excluding hydrogens is 296 g/mol. The number of hydrogen-bond acceptors (Lipinski definition) is 4. The molecule has 3 heterocycles. The van der Waals surface area contributed by atoms with Crippen molar-refractivity contribution in [1.82, 2.24) is 9.78 Å². The molecule has 0 aliphatic carbocycles. The Labute approximate surface area is 133 Å². The van der Waals surface area contributed by atoms with Crippen LogP contribution in [0.25, 0.3) is 0 Å². The van der Waals surface area contributed by atoms with E-state index in [1.165, 1.54) is 20.0 Å². The van der Waals surface area contributed by atoms with Crippen molar-refractivity contribution in [2.75, 3.05) is 6.54 Å². The van der Waals surface area contributed by atoms with E-state index in [1.54, 1.807) is 6.92 Å². The van der Waals surface area contributed by atoms with Gasteiger partial charge in [-0.25, -0.2) is 0 Å². The largest absolute Gasteiger partial charge is 0.310 e. The zero-order valence-electron chi connectivity index (χ0n) is 13.0. The fraction of sp³-hybridized carbons (Fsp3) is 0.438. The average molecular weight is 315 g/mol. The van der Waals surface area contributed by atoms with Crippen LogP contribution in [-0.2, 0) is 13.1 Å². The zero-order valence-corrected chi connectivity index (χ0v) is 13.8. The topological polar surface area (TPSA) is 63.1 Å². The second-order valence-electron chi connectivity index (χ2n) is 5.84. The number of aromatic nitrogens is 2. The highest BCUT2D eigenvalue weighted by Crippen LogP contribution is 2.24. The van der Waals surface area contributed by atoms with Crippen LogP contribution in [0.1, 0.15) is 40.2 Å². The van der Waals surface area contributed by atoms with Gasteiger partial charge in [-0.2, -0.15) is 15.0 Å². The highest BCUT2D eigenvalue weighted by molar-refractivity contribution is 7.10. The molecule has 2 aromatic rings. The summed E-state index contributed by atoms with van der Waals surface area (Å²) in [6.45, 7) is 7.30. The first-order chi connectivity index (χ1) is 10.5. The third kappa shape index (κ3) is 2.36. The van der Waals surface area contributed by atoms with E-state index in [4.69, 9.17) is 0 Å². The molecule has 0 spiro atoms. The first-order valence-corrected chi connectivity index (χ1v) is 8.30. The minimum atomic E-state index is -0.276. The third-order valence-electron chi connectivity index (χ3n) is 4.63. The summed E-state index contributed by atoms with van der Waals surface area (Å²) in [6.07, 6.45) is 1.04. The number of aryl methyl sites for hydroxylation is 1. The molecule has 2 aromatic heterocycles. The van der Waals surface area contributed by atoms with Crippen LogP contribution in [-0.4, -0.2) is 16.3 Å². The van der Waals surface area contributed by atoms with E-state index in [9.17, 15) is 10.1 Å². The molecule has 0 saturated heterocycles. The van der Waals surface area contributed by atoms with Crippen molar-refractivity contribution in [2.24, 2.45) is 0 Å². The number of nitrogens with zero attached hydrogens (tertiary/aromatic N) is 3. The standard InChI is InChI=1S/C16H18N4OS/c1-10-11(2)18-20(16(21)14(10)8-17)9-19-6-4-15-13(12(19)3)5-7-22-15/h5,7,12H,4,6,9H2,1-3H3/p+1/t12-/m1/s1. The SMILES string of the molecule is Cc1nn(C[NH+]2CCc3sccc3[C@H]2C)c(=O)c(C#N)c1C. The Kier molecular flexibility index (Phi) is 3.85. The summed E-state index contributed by atoms with van der Waals surface area (Å²) < 4.78 is 1.46. The smallest absolute Gasteiger partial charge is 0.289 e. The minimum Gasteiger partial charge on any atom is -0.310 e. The fourth-order valence-electron chi connectivity index (χ4n) is 3.07. The lowest BCUT2D eigenvalue weighted by Crippen LogP contribution is -3.12. The molecule has 0 amide bonds. The number of hydrogen-bond donors (Lipinski definition) is 1. The van der Waals surface area contributed by atoms with Crippen molar-refractivity contribution in [3.63, 3.8) is 0 Å². The molecule has 0 bridgehead atoms. The monoisotopic (exact) mass is 315 g/mol. The van der Waals surface area contributed by atoms with Gasteiger partial charge in [0.1, 0.15) is 17.7 Å². The predicted octanol–water partition coefficient (Wildman–Crippen LogP) is 0.953. The van der Waals surface area contributed by atoms with E-state index in [2.05, 4.69) is 23.5 Å². The van der Waals surface area contributed by atoms with Crippen LogP contribution in [0.3, 0.4) is 0 Å². The molecule has 0 aromatic carbocycles. The number of nitriles is 1. The highest BCUT2D eigenvalue weighted by Gasteiger charge is 2.29. The maximum absolute atomic E-state index is 12.4. The number of fused-ring (bicyclic) bond motifs is 1. The summed E-state index contributed by atoms with van der Waals surface area (Å²) in [4.78, 5) is 15.2. The van der Waals surface area contributed by atoms with Gasteiger partial charge in [0.15, 0.2) is 6.67 Å². The van der Waals surface area contributed by atoms with Crippen LogP contribution >= 0.6 is 11.3 Å². The van der Waals surface area contributed by atoms with Gasteiger partial charge in [-0.15, -0.1) is 11.3 Å². The van der Waals surface area contributed by atoms with Crippen LogP contribution < -0.4 is 10.5 Å². The van der Waals surface area contributed by atoms with Crippen molar-refractivity contribution in [1.29, 1.82) is 5.26 Å². The Bertz CT molecular complexity index is 815. The predicted molar refractivity (Wildman–Crippen MR) is 85.0 cm³/mol. The van der Waals surface area contributed by atoms with Crippen LogP contribution in [0.15, 0.2) is 16.2 Å². The van der Waals surface area contributed by atoms with Crippen molar-refractivity contribution in [3.05, 3.63) is 49.1 Å². The van der Waals surface area contributed by atoms with Gasteiger partial charge >= 0.3 is 0 Å². The van der Waals surface area contributed by atoms with E-state index >= 15 is 0 Å². The van der Waals surface area contributed by atoms with Crippen molar-refractivity contribution >= 4 is 11.3 Å². The van der Waals surface area contributed by atoms with Gasteiger partial charge in [0.05, 0.1) is 12.2 Å². The Morgan fingerprint density at radius 1 is 1.55 bits per heavy atom. The molecule has 22 heavy (non-hydrogen) atoms. The summed E-state index contributed by atoms with van der Waals surface area (Å²) in [5, 5.41) is 15.7. The molecule has 0 saturated carbocycles. The van der Waals surface area contributed by atoms with Gasteiger partial charge < -0.3 is 4.90 Å². The quantitative estimate of drug-likeness (QED) is 0.897. The van der Waals surface area contributed by atoms with Gasteiger partial charge in [-0.05, 0) is 37.8 Å². The average Bonchev–Trinajstić information content (AvgIpc) is 2.97.